The van der Waals surface area contributed by atoms with E-state index in [-0.39, 0.29) is 29.0 Å². The van der Waals surface area contributed by atoms with Crippen molar-refractivity contribution in [2.45, 2.75) is 57.6 Å². The van der Waals surface area contributed by atoms with Crippen molar-refractivity contribution in [3.05, 3.63) is 52.9 Å². The molecule has 4 N–H and O–H groups in total. The number of anilines is 1. The van der Waals surface area contributed by atoms with E-state index in [1.54, 1.807) is 6.07 Å². The molecule has 0 bridgehead atoms. The fourth-order valence-corrected chi connectivity index (χ4v) is 6.38. The van der Waals surface area contributed by atoms with Gasteiger partial charge in [-0.25, -0.2) is 4.98 Å². The molecule has 47 heavy (non-hydrogen) atoms. The highest BCUT2D eigenvalue weighted by atomic mass is 32.3. The van der Waals surface area contributed by atoms with Gasteiger partial charge in [0.15, 0.2) is 16.6 Å². The van der Waals surface area contributed by atoms with Gasteiger partial charge in [-0.3, -0.25) is 19.1 Å². The fraction of sp³-hybridized carbons (Fsp3) is 0.429. The van der Waals surface area contributed by atoms with E-state index in [9.17, 15) is 18.0 Å². The molecule has 4 aromatic rings. The number of nitrogens with one attached hydrogen (secondary N) is 1. The first-order valence-corrected chi connectivity index (χ1v) is 16.9. The van der Waals surface area contributed by atoms with E-state index in [2.05, 4.69) is 35.0 Å². The summed E-state index contributed by atoms with van der Waals surface area (Å²) < 4.78 is 41.8. The quantitative estimate of drug-likeness (QED) is 0.0749. The van der Waals surface area contributed by atoms with Gasteiger partial charge in [0.1, 0.15) is 18.1 Å². The number of benzene rings is 1. The standard InChI is InChI=1S/C28H31N9O8S2/c1-28(2)19(26(39)37(28)45-47(40,41)42)12-22(38)24(21-14-46-27(29)31-21)34-44-23(25-32-35-36-33-25)13-43-18-8-9-20-16(11-18)6-7-17(30-20)10-15-4-3-5-15/h6-9,11,14-15,19,23H,3-5,10,12-13H2,1-2H3,(H2,29,31)(H,40,41,42)(H,32,33,35,36)/b34-24-/t19?,23-/m1/s1. The molecule has 2 atom stereocenters. The average Bonchev–Trinajstić information content (AvgIpc) is 3.70. The van der Waals surface area contributed by atoms with Crippen LogP contribution < -0.4 is 10.5 Å². The highest BCUT2D eigenvalue weighted by Crippen LogP contribution is 2.41. The summed E-state index contributed by atoms with van der Waals surface area (Å²) in [5, 5.41) is 21.0. The predicted octanol–water partition coefficient (Wildman–Crippen LogP) is 2.60. The minimum Gasteiger partial charge on any atom is -0.489 e. The molecular formula is C28H31N9O8S2. The summed E-state index contributed by atoms with van der Waals surface area (Å²) in [5.41, 5.74) is 6.32. The number of pyridine rings is 1. The zero-order valence-corrected chi connectivity index (χ0v) is 26.9. The van der Waals surface area contributed by atoms with Crippen LogP contribution in [0.4, 0.5) is 5.13 Å². The summed E-state index contributed by atoms with van der Waals surface area (Å²) in [6, 6.07) is 9.57. The number of carbonyl (C=O) groups excluding carboxylic acids is 2. The van der Waals surface area contributed by atoms with Gasteiger partial charge < -0.3 is 15.3 Å². The second kappa shape index (κ2) is 12.9. The lowest BCUT2D eigenvalue weighted by atomic mass is 9.74. The zero-order chi connectivity index (χ0) is 33.3. The first-order valence-electron chi connectivity index (χ1n) is 14.6. The van der Waals surface area contributed by atoms with Crippen molar-refractivity contribution >= 4 is 55.2 Å². The van der Waals surface area contributed by atoms with Crippen LogP contribution in [0.25, 0.3) is 10.9 Å². The monoisotopic (exact) mass is 685 g/mol. The van der Waals surface area contributed by atoms with Gasteiger partial charge in [-0.1, -0.05) is 35.7 Å². The molecule has 17 nitrogen and oxygen atoms in total. The lowest BCUT2D eigenvalue weighted by Gasteiger charge is -2.50. The Morgan fingerprint density at radius 1 is 1.26 bits per heavy atom. The SMILES string of the molecule is CC1(C)C(CC(=O)/C(=N\O[C@H](COc2ccc3nc(CC4CCC4)ccc3c2)c2nn[nH]n2)c2csc(N)n2)C(=O)N1OS(=O)(=O)O. The number of H-pyrrole nitrogens is 1. The summed E-state index contributed by atoms with van der Waals surface area (Å²) in [4.78, 5) is 40.9. The van der Waals surface area contributed by atoms with Crippen LogP contribution in [-0.4, -0.2) is 78.2 Å². The molecule has 1 saturated heterocycles. The van der Waals surface area contributed by atoms with Gasteiger partial charge in [0.25, 0.3) is 5.91 Å². The number of hydrogen-bond acceptors (Lipinski definition) is 15. The number of oxime groups is 1. The van der Waals surface area contributed by atoms with E-state index in [1.165, 1.54) is 38.5 Å². The summed E-state index contributed by atoms with van der Waals surface area (Å²) >= 11 is 1.06. The number of Topliss-reactive ketones (excluding diaryl/α,β-unsaturated/α-hetero) is 1. The molecule has 1 saturated carbocycles. The maximum atomic E-state index is 13.5. The average molecular weight is 686 g/mol. The number of carbonyl (C=O) groups is 2. The Bertz CT molecular complexity index is 1930. The molecule has 0 radical (unpaired) electrons. The first-order chi connectivity index (χ1) is 22.4. The third-order valence-electron chi connectivity index (χ3n) is 8.22. The Balaban J connectivity index is 1.18. The first kappa shape index (κ1) is 32.4. The molecule has 3 aromatic heterocycles. The van der Waals surface area contributed by atoms with Crippen molar-refractivity contribution in [1.82, 2.24) is 35.7 Å². The maximum absolute atomic E-state index is 13.5. The van der Waals surface area contributed by atoms with Crippen molar-refractivity contribution in [3.8, 4) is 5.75 Å². The normalized spacial score (nSPS) is 18.9. The number of β-lactam (4-membered cyclic amide) rings is 1. The lowest BCUT2D eigenvalue weighted by molar-refractivity contribution is -0.228. The Labute approximate surface area is 272 Å². The number of ketones is 1. The highest BCUT2D eigenvalue weighted by molar-refractivity contribution is 7.80. The Hall–Kier alpha value is -4.59. The van der Waals surface area contributed by atoms with Crippen LogP contribution in [0.5, 0.6) is 5.75 Å². The van der Waals surface area contributed by atoms with E-state index in [1.807, 2.05) is 24.3 Å². The van der Waals surface area contributed by atoms with Crippen LogP contribution in [0, 0.1) is 11.8 Å². The van der Waals surface area contributed by atoms with Gasteiger partial charge in [-0.15, -0.1) is 25.8 Å². The highest BCUT2D eigenvalue weighted by Gasteiger charge is 2.57. The number of nitrogen functional groups attached to an aromatic ring is 1. The minimum absolute atomic E-state index is 0.0924. The lowest BCUT2D eigenvalue weighted by Crippen LogP contribution is -2.68. The molecule has 4 heterocycles. The van der Waals surface area contributed by atoms with E-state index >= 15 is 0 Å². The molecule has 19 heteroatoms. The molecule has 1 amide bonds. The van der Waals surface area contributed by atoms with E-state index < -0.39 is 46.1 Å². The van der Waals surface area contributed by atoms with Crippen molar-refractivity contribution < 1.29 is 36.4 Å². The second-order valence-electron chi connectivity index (χ2n) is 11.8. The Morgan fingerprint density at radius 2 is 2.06 bits per heavy atom. The van der Waals surface area contributed by atoms with Crippen LogP contribution in [0.3, 0.4) is 0 Å². The fourth-order valence-electron chi connectivity index (χ4n) is 5.37. The number of tetrazole rings is 1. The van der Waals surface area contributed by atoms with Gasteiger partial charge in [0, 0.05) is 22.9 Å². The molecule has 248 valence electrons. The van der Waals surface area contributed by atoms with Crippen molar-refractivity contribution in [2.75, 3.05) is 12.3 Å². The van der Waals surface area contributed by atoms with Crippen LogP contribution >= 0.6 is 11.3 Å². The third-order valence-corrected chi connectivity index (χ3v) is 9.24. The van der Waals surface area contributed by atoms with Crippen LogP contribution in [0.2, 0.25) is 0 Å². The third kappa shape index (κ3) is 7.22. The number of fused-ring (bicyclic) bond motifs is 1. The van der Waals surface area contributed by atoms with Crippen LogP contribution in [0.1, 0.15) is 62.8 Å². The number of aromatic nitrogens is 6. The molecule has 1 aliphatic heterocycles. The molecule has 2 aliphatic rings. The molecule has 1 aromatic carbocycles. The number of ether oxygens (including phenoxy) is 1. The summed E-state index contributed by atoms with van der Waals surface area (Å²) in [7, 11) is -4.96. The number of thiazole rings is 1. The number of hydroxylamine groups is 2. The van der Waals surface area contributed by atoms with Gasteiger partial charge in [0.05, 0.1) is 17.0 Å². The molecule has 2 fully saturated rings. The number of nitrogens with two attached hydrogens (primary N) is 1. The molecule has 1 aliphatic carbocycles. The summed E-state index contributed by atoms with van der Waals surface area (Å²) in [6.45, 7) is 2.83. The van der Waals surface area contributed by atoms with Crippen molar-refractivity contribution in [3.63, 3.8) is 0 Å². The number of amides is 1. The van der Waals surface area contributed by atoms with Crippen molar-refractivity contribution in [2.24, 2.45) is 17.0 Å². The topological polar surface area (TPSA) is 238 Å². The maximum Gasteiger partial charge on any atom is 0.418 e. The molecule has 0 spiro atoms. The van der Waals surface area contributed by atoms with Gasteiger partial charge in [-0.05, 0) is 50.5 Å². The predicted molar refractivity (Wildman–Crippen MR) is 166 cm³/mol. The zero-order valence-electron chi connectivity index (χ0n) is 25.3. The van der Waals surface area contributed by atoms with Crippen LogP contribution in [0.15, 0.2) is 40.9 Å². The van der Waals surface area contributed by atoms with Crippen molar-refractivity contribution in [1.29, 1.82) is 0 Å². The Morgan fingerprint density at radius 3 is 2.70 bits per heavy atom. The van der Waals surface area contributed by atoms with Gasteiger partial charge in [-0.2, -0.15) is 18.7 Å². The molecule has 1 unspecified atom stereocenters. The largest absolute Gasteiger partial charge is 0.489 e. The number of rotatable bonds is 14. The second-order valence-corrected chi connectivity index (χ2v) is 13.7. The van der Waals surface area contributed by atoms with E-state index in [0.29, 0.717) is 16.7 Å². The number of nitrogens with zero attached hydrogens (tertiary/aromatic N) is 7. The summed E-state index contributed by atoms with van der Waals surface area (Å²) in [6.07, 6.45) is 3.32. The molecule has 6 rings (SSSR count). The Kier molecular flexibility index (Phi) is 8.88. The van der Waals surface area contributed by atoms with E-state index in [0.717, 1.165) is 34.4 Å². The number of hydrogen-bond donors (Lipinski definition) is 3. The minimum atomic E-state index is -4.96. The smallest absolute Gasteiger partial charge is 0.418 e. The van der Waals surface area contributed by atoms with Gasteiger partial charge in [0.2, 0.25) is 11.9 Å². The number of aromatic amines is 1. The molecular weight excluding hydrogens is 654 g/mol. The van der Waals surface area contributed by atoms with E-state index in [4.69, 9.17) is 24.8 Å². The van der Waals surface area contributed by atoms with Crippen LogP contribution in [-0.2, 0) is 35.5 Å². The summed E-state index contributed by atoms with van der Waals surface area (Å²) in [5.74, 6) is -1.16. The van der Waals surface area contributed by atoms with Gasteiger partial charge >= 0.3 is 10.4 Å².